The summed E-state index contributed by atoms with van der Waals surface area (Å²) in [4.78, 5) is 65.9. The Bertz CT molecular complexity index is 930. The summed E-state index contributed by atoms with van der Waals surface area (Å²) in [6, 6.07) is 5.66. The topological polar surface area (TPSA) is 189 Å². The van der Waals surface area contributed by atoms with Gasteiger partial charge in [-0.3, -0.25) is 14.9 Å². The van der Waals surface area contributed by atoms with Crippen LogP contribution in [-0.4, -0.2) is 97.7 Å². The van der Waals surface area contributed by atoms with E-state index in [9.17, 15) is 24.6 Å². The van der Waals surface area contributed by atoms with Crippen molar-refractivity contribution < 1.29 is 43.7 Å². The smallest absolute Gasteiger partial charge is 0.480 e. The molecule has 5 atom stereocenters. The third kappa shape index (κ3) is 6.59. The van der Waals surface area contributed by atoms with E-state index in [2.05, 4.69) is 10.6 Å². The Morgan fingerprint density at radius 2 is 1.89 bits per heavy atom. The summed E-state index contributed by atoms with van der Waals surface area (Å²) in [6.07, 6.45) is -1.19. The fraction of sp³-hybridized carbons (Fsp3) is 0.571. The highest BCUT2D eigenvalue weighted by Crippen LogP contribution is 2.50. The lowest BCUT2D eigenvalue weighted by molar-refractivity contribution is -0.161. The maximum absolute atomic E-state index is 13.2. The molecule has 1 aromatic rings. The maximum Gasteiger partial charge on any atom is 0.492 e. The number of aliphatic carboxylic acids is 1. The van der Waals surface area contributed by atoms with Gasteiger partial charge in [0.25, 0.3) is 0 Å². The van der Waals surface area contributed by atoms with E-state index >= 15 is 0 Å². The van der Waals surface area contributed by atoms with E-state index < -0.39 is 61.1 Å². The number of fused-ring (bicyclic) bond motifs is 1. The van der Waals surface area contributed by atoms with Gasteiger partial charge in [0.15, 0.2) is 6.29 Å². The second-order valence-corrected chi connectivity index (χ2v) is 12.9. The minimum absolute atomic E-state index is 0.0344. The zero-order chi connectivity index (χ0) is 26.0. The van der Waals surface area contributed by atoms with Gasteiger partial charge in [0.2, 0.25) is 11.8 Å². The molecule has 2 aliphatic rings. The molecule has 35 heavy (non-hydrogen) atoms. The number of thioether (sulfide) groups is 1. The van der Waals surface area contributed by atoms with Crippen LogP contribution >= 0.6 is 11.8 Å². The zero-order valence-corrected chi connectivity index (χ0v) is 21.1. The van der Waals surface area contributed by atoms with Crippen LogP contribution < -0.4 is 10.6 Å². The molecule has 2 heterocycles. The molecule has 0 radical (unpaired) electrons. The third-order valence-corrected chi connectivity index (χ3v) is 8.43. The van der Waals surface area contributed by atoms with Crippen LogP contribution in [0.5, 0.6) is 0 Å². The number of hydrogen-bond donors (Lipinski definition) is 7. The molecule has 2 aliphatic heterocycles. The predicted molar refractivity (Wildman–Crippen MR) is 127 cm³/mol. The standard InChI is InChI=1S/C21H31N3O9SSi/c1-21(2)16(20(28)29)24-18(27)15(19(24)34-21)23-17(26)14(12-7-4-3-5-8-12)22-11-13(25)33-9-6-10-35(30,31)32/h3-5,7-8,13-16,19,22,25,30-32H,6,9-11H2,1-2H3,(H,23,26)(H,28,29)/t13?,14-,15-,16+,19-/m1/s1. The molecule has 3 rings (SSSR count). The quantitative estimate of drug-likeness (QED) is 0.0729. The molecular weight excluding hydrogens is 498 g/mol. The van der Waals surface area contributed by atoms with Gasteiger partial charge in [-0.2, -0.15) is 0 Å². The molecule has 7 N–H and O–H groups in total. The van der Waals surface area contributed by atoms with E-state index in [4.69, 9.17) is 19.1 Å². The number of β-lactam (4-membered cyclic amide) rings is 1. The van der Waals surface area contributed by atoms with Crippen molar-refractivity contribution >= 4 is 38.3 Å². The van der Waals surface area contributed by atoms with Crippen molar-refractivity contribution in [2.75, 3.05) is 13.2 Å². The van der Waals surface area contributed by atoms with Gasteiger partial charge >= 0.3 is 14.8 Å². The highest BCUT2D eigenvalue weighted by atomic mass is 32.2. The van der Waals surface area contributed by atoms with Gasteiger partial charge < -0.3 is 39.6 Å². The molecule has 1 aromatic carbocycles. The summed E-state index contributed by atoms with van der Waals surface area (Å²) < 4.78 is 4.46. The number of carboxylic acids is 1. The van der Waals surface area contributed by atoms with Crippen LogP contribution in [0.2, 0.25) is 6.04 Å². The molecule has 1 unspecified atom stereocenters. The number of rotatable bonds is 12. The van der Waals surface area contributed by atoms with Gasteiger partial charge in [0.1, 0.15) is 23.5 Å². The van der Waals surface area contributed by atoms with E-state index in [1.165, 1.54) is 16.7 Å². The van der Waals surface area contributed by atoms with Crippen molar-refractivity contribution in [1.82, 2.24) is 15.5 Å². The second-order valence-electron chi connectivity index (χ2n) is 9.04. The lowest BCUT2D eigenvalue weighted by Gasteiger charge is -2.44. The maximum atomic E-state index is 13.2. The molecule has 0 aromatic heterocycles. The van der Waals surface area contributed by atoms with Gasteiger partial charge in [-0.1, -0.05) is 30.3 Å². The number of aliphatic hydroxyl groups is 1. The number of carbonyl (C=O) groups excluding carboxylic acids is 2. The van der Waals surface area contributed by atoms with Gasteiger partial charge in [0.05, 0.1) is 0 Å². The van der Waals surface area contributed by atoms with E-state index in [0.717, 1.165) is 0 Å². The minimum Gasteiger partial charge on any atom is -0.480 e. The van der Waals surface area contributed by atoms with Crippen molar-refractivity contribution in [3.63, 3.8) is 0 Å². The van der Waals surface area contributed by atoms with Crippen LogP contribution in [0.4, 0.5) is 0 Å². The Hall–Kier alpha value is -2.04. The monoisotopic (exact) mass is 529 g/mol. The highest BCUT2D eigenvalue weighted by Gasteiger charge is 2.64. The van der Waals surface area contributed by atoms with Gasteiger partial charge in [-0.05, 0) is 25.8 Å². The van der Waals surface area contributed by atoms with E-state index in [1.807, 2.05) is 0 Å². The van der Waals surface area contributed by atoms with Crippen molar-refractivity contribution in [2.45, 2.75) is 60.8 Å². The number of carbonyl (C=O) groups is 3. The number of carboxylic acid groups (broad SMARTS) is 1. The lowest BCUT2D eigenvalue weighted by Crippen LogP contribution is -2.71. The van der Waals surface area contributed by atoms with Crippen LogP contribution in [0.15, 0.2) is 30.3 Å². The zero-order valence-electron chi connectivity index (χ0n) is 19.3. The first kappa shape index (κ1) is 27.5. The normalized spacial score (nSPS) is 24.9. The average molecular weight is 530 g/mol. The first-order chi connectivity index (χ1) is 16.3. The fourth-order valence-electron chi connectivity index (χ4n) is 4.20. The van der Waals surface area contributed by atoms with Crippen molar-refractivity contribution in [3.05, 3.63) is 35.9 Å². The summed E-state index contributed by atoms with van der Waals surface area (Å²) in [5.74, 6) is -2.07. The van der Waals surface area contributed by atoms with Crippen molar-refractivity contribution in [3.8, 4) is 0 Å². The van der Waals surface area contributed by atoms with Crippen LogP contribution in [0.1, 0.15) is 31.9 Å². The second kappa shape index (κ2) is 10.9. The number of ether oxygens (including phenoxy) is 1. The summed E-state index contributed by atoms with van der Waals surface area (Å²) in [7, 11) is -4.17. The SMILES string of the molecule is CC1(C)S[C@@H]2[C@H](NC(=O)[C@H](NCC(O)OCCC[Si](O)(O)O)c3ccccc3)C(=O)N2[C@H]1C(=O)O. The third-order valence-electron chi connectivity index (χ3n) is 5.83. The first-order valence-electron chi connectivity index (χ1n) is 11.1. The molecule has 2 fully saturated rings. The molecule has 194 valence electrons. The number of nitrogens with one attached hydrogen (secondary N) is 2. The fourth-order valence-corrected chi connectivity index (χ4v) is 6.44. The molecule has 14 heteroatoms. The Morgan fingerprint density at radius 1 is 1.23 bits per heavy atom. The average Bonchev–Trinajstić information content (AvgIpc) is 3.03. The number of aliphatic hydroxyl groups excluding tert-OH is 1. The summed E-state index contributed by atoms with van der Waals surface area (Å²) in [5, 5.41) is 24.8. The van der Waals surface area contributed by atoms with Gasteiger partial charge in [-0.15, -0.1) is 11.8 Å². The lowest BCUT2D eigenvalue weighted by atomic mass is 9.95. The number of benzene rings is 1. The Labute approximate surface area is 207 Å². The molecule has 0 aliphatic carbocycles. The predicted octanol–water partition coefficient (Wildman–Crippen LogP) is -1.41. The van der Waals surface area contributed by atoms with Crippen LogP contribution in [0, 0.1) is 0 Å². The van der Waals surface area contributed by atoms with E-state index in [-0.39, 0.29) is 25.6 Å². The first-order valence-corrected chi connectivity index (χ1v) is 14.0. The molecule has 0 spiro atoms. The van der Waals surface area contributed by atoms with Crippen molar-refractivity contribution in [1.29, 1.82) is 0 Å². The number of hydrogen-bond acceptors (Lipinski definition) is 10. The summed E-state index contributed by atoms with van der Waals surface area (Å²) >= 11 is 1.33. The minimum atomic E-state index is -4.17. The summed E-state index contributed by atoms with van der Waals surface area (Å²) in [6.45, 7) is 3.32. The largest absolute Gasteiger partial charge is 0.492 e. The molecule has 2 amide bonds. The molecule has 0 saturated carbocycles. The van der Waals surface area contributed by atoms with Gasteiger partial charge in [0, 0.05) is 23.9 Å². The molecular formula is C21H31N3O9SSi. The van der Waals surface area contributed by atoms with E-state index in [0.29, 0.717) is 5.56 Å². The number of nitrogens with zero attached hydrogens (tertiary/aromatic N) is 1. The van der Waals surface area contributed by atoms with Crippen LogP contribution in [0.3, 0.4) is 0 Å². The summed E-state index contributed by atoms with van der Waals surface area (Å²) in [5.41, 5.74) is 0.584. The van der Waals surface area contributed by atoms with E-state index in [1.54, 1.807) is 44.2 Å². The van der Waals surface area contributed by atoms with Crippen LogP contribution in [0.25, 0.3) is 0 Å². The van der Waals surface area contributed by atoms with Gasteiger partial charge in [-0.25, -0.2) is 4.79 Å². The molecule has 0 bridgehead atoms. The molecule has 2 saturated heterocycles. The van der Waals surface area contributed by atoms with Crippen molar-refractivity contribution in [2.24, 2.45) is 0 Å². The highest BCUT2D eigenvalue weighted by molar-refractivity contribution is 8.01. The number of amides is 2. The Balaban J connectivity index is 1.61. The Kier molecular flexibility index (Phi) is 8.59. The molecule has 12 nitrogen and oxygen atoms in total. The Morgan fingerprint density at radius 3 is 2.49 bits per heavy atom. The van der Waals surface area contributed by atoms with Crippen LogP contribution in [-0.2, 0) is 19.1 Å².